The normalized spacial score (nSPS) is 11.1. The predicted octanol–water partition coefficient (Wildman–Crippen LogP) is 0.277. The Labute approximate surface area is 117 Å². The minimum atomic E-state index is -3.73. The molecule has 0 saturated heterocycles. The van der Waals surface area contributed by atoms with Crippen molar-refractivity contribution in [1.82, 2.24) is 9.71 Å². The van der Waals surface area contributed by atoms with Crippen molar-refractivity contribution < 1.29 is 17.9 Å². The summed E-state index contributed by atoms with van der Waals surface area (Å²) < 4.78 is 31.0. The summed E-state index contributed by atoms with van der Waals surface area (Å²) in [6.45, 7) is 2.43. The Kier molecular flexibility index (Phi) is 6.19. The van der Waals surface area contributed by atoms with E-state index < -0.39 is 16.1 Å². The van der Waals surface area contributed by atoms with E-state index in [1.165, 1.54) is 12.4 Å². The van der Waals surface area contributed by atoms with Crippen LogP contribution in [0.3, 0.4) is 0 Å². The number of aromatic nitrogens is 1. The van der Waals surface area contributed by atoms with Crippen molar-refractivity contribution in [3.8, 4) is 0 Å². The number of sulfonamides is 1. The highest BCUT2D eigenvalue weighted by Crippen LogP contribution is 2.19. The molecule has 0 aliphatic carbocycles. The Hall–Kier alpha value is -1.87. The lowest BCUT2D eigenvalue weighted by atomic mass is 10.4. The van der Waals surface area contributed by atoms with Gasteiger partial charge >= 0.3 is 6.09 Å². The van der Waals surface area contributed by atoms with Gasteiger partial charge in [-0.25, -0.2) is 17.9 Å². The van der Waals surface area contributed by atoms with Crippen LogP contribution in [-0.4, -0.2) is 39.2 Å². The fraction of sp³-hybridized carbons (Fsp3) is 0.455. The van der Waals surface area contributed by atoms with Gasteiger partial charge in [-0.3, -0.25) is 4.98 Å². The first kappa shape index (κ1) is 16.2. The summed E-state index contributed by atoms with van der Waals surface area (Å²) in [5, 5.41) is 3.01. The first-order chi connectivity index (χ1) is 9.47. The smallest absolute Gasteiger partial charge is 0.404 e. The molecule has 0 spiro atoms. The van der Waals surface area contributed by atoms with Crippen LogP contribution in [0.2, 0.25) is 0 Å². The Bertz CT molecular complexity index is 547. The zero-order chi connectivity index (χ0) is 15.0. The molecule has 1 amide bonds. The molecule has 0 radical (unpaired) electrons. The van der Waals surface area contributed by atoms with Gasteiger partial charge in [-0.15, -0.1) is 0 Å². The van der Waals surface area contributed by atoms with Gasteiger partial charge in [0.25, 0.3) is 0 Å². The van der Waals surface area contributed by atoms with E-state index in [0.29, 0.717) is 12.2 Å². The highest BCUT2D eigenvalue weighted by atomic mass is 32.2. The van der Waals surface area contributed by atoms with Gasteiger partial charge in [0.15, 0.2) is 0 Å². The maximum atomic E-state index is 12.1. The monoisotopic (exact) mass is 302 g/mol. The average Bonchev–Trinajstić information content (AvgIpc) is 2.41. The maximum absolute atomic E-state index is 12.1. The van der Waals surface area contributed by atoms with Gasteiger partial charge in [0, 0.05) is 25.5 Å². The molecule has 1 aromatic heterocycles. The lowest BCUT2D eigenvalue weighted by molar-refractivity contribution is 0.159. The van der Waals surface area contributed by atoms with Gasteiger partial charge in [0.1, 0.15) is 11.5 Å². The third-order valence-electron chi connectivity index (χ3n) is 2.28. The molecular weight excluding hydrogens is 284 g/mol. The van der Waals surface area contributed by atoms with Crippen LogP contribution in [0.5, 0.6) is 0 Å². The number of nitrogens with two attached hydrogens (primary N) is 1. The van der Waals surface area contributed by atoms with E-state index in [9.17, 15) is 13.2 Å². The Morgan fingerprint density at radius 3 is 2.85 bits per heavy atom. The van der Waals surface area contributed by atoms with Crippen LogP contribution < -0.4 is 15.8 Å². The lowest BCUT2D eigenvalue weighted by Crippen LogP contribution is -2.29. The molecule has 0 fully saturated rings. The molecule has 112 valence electrons. The highest BCUT2D eigenvalue weighted by molar-refractivity contribution is 7.89. The molecule has 0 atom stereocenters. The molecule has 20 heavy (non-hydrogen) atoms. The quantitative estimate of drug-likeness (QED) is 0.592. The summed E-state index contributed by atoms with van der Waals surface area (Å²) in [6.07, 6.45) is 2.68. The summed E-state index contributed by atoms with van der Waals surface area (Å²) in [5.41, 5.74) is 5.25. The number of nitrogens with one attached hydrogen (secondary N) is 2. The molecular formula is C11H18N4O4S. The number of anilines is 1. The average molecular weight is 302 g/mol. The fourth-order valence-corrected chi connectivity index (χ4v) is 2.54. The molecule has 1 rings (SSSR count). The second-order valence-electron chi connectivity index (χ2n) is 3.86. The summed E-state index contributed by atoms with van der Waals surface area (Å²) in [7, 11) is -3.73. The second kappa shape index (κ2) is 7.65. The zero-order valence-corrected chi connectivity index (χ0v) is 11.9. The predicted molar refractivity (Wildman–Crippen MR) is 73.7 cm³/mol. The first-order valence-electron chi connectivity index (χ1n) is 6.07. The number of primary amides is 1. The summed E-state index contributed by atoms with van der Waals surface area (Å²) in [4.78, 5) is 14.2. The molecule has 0 aliphatic heterocycles. The molecule has 0 aliphatic rings. The molecule has 0 unspecified atom stereocenters. The SMILES string of the molecule is CCCNc1ccncc1S(=O)(=O)NCCOC(N)=O. The molecule has 1 aromatic rings. The number of ether oxygens (including phenoxy) is 1. The summed E-state index contributed by atoms with van der Waals surface area (Å²) >= 11 is 0. The van der Waals surface area contributed by atoms with Crippen LogP contribution in [0.4, 0.5) is 10.5 Å². The minimum Gasteiger partial charge on any atom is -0.448 e. The van der Waals surface area contributed by atoms with Gasteiger partial charge in [-0.2, -0.15) is 0 Å². The van der Waals surface area contributed by atoms with Gasteiger partial charge in [-0.05, 0) is 12.5 Å². The van der Waals surface area contributed by atoms with Crippen molar-refractivity contribution >= 4 is 21.8 Å². The van der Waals surface area contributed by atoms with Gasteiger partial charge < -0.3 is 15.8 Å². The second-order valence-corrected chi connectivity index (χ2v) is 5.60. The highest BCUT2D eigenvalue weighted by Gasteiger charge is 2.18. The van der Waals surface area contributed by atoms with Crippen molar-refractivity contribution in [2.45, 2.75) is 18.2 Å². The maximum Gasteiger partial charge on any atom is 0.404 e. The molecule has 0 aromatic carbocycles. The van der Waals surface area contributed by atoms with E-state index in [0.717, 1.165) is 6.42 Å². The lowest BCUT2D eigenvalue weighted by Gasteiger charge is -2.12. The van der Waals surface area contributed by atoms with Crippen LogP contribution in [0.25, 0.3) is 0 Å². The first-order valence-corrected chi connectivity index (χ1v) is 7.55. The van der Waals surface area contributed by atoms with Crippen molar-refractivity contribution in [2.24, 2.45) is 5.73 Å². The number of hydrogen-bond donors (Lipinski definition) is 3. The van der Waals surface area contributed by atoms with Gasteiger partial charge in [0.05, 0.1) is 5.69 Å². The largest absolute Gasteiger partial charge is 0.448 e. The fourth-order valence-electron chi connectivity index (χ4n) is 1.41. The standard InChI is InChI=1S/C11H18N4O4S/c1-2-4-14-9-3-5-13-8-10(9)20(17,18)15-6-7-19-11(12)16/h3,5,8,15H,2,4,6-7H2,1H3,(H2,12,16)(H,13,14). The number of carbonyl (C=O) groups is 1. The van der Waals surface area contributed by atoms with Gasteiger partial charge in [-0.1, -0.05) is 6.92 Å². The van der Waals surface area contributed by atoms with E-state index in [4.69, 9.17) is 5.73 Å². The Balaban J connectivity index is 2.73. The molecule has 0 saturated carbocycles. The third-order valence-corrected chi connectivity index (χ3v) is 3.77. The van der Waals surface area contributed by atoms with Crippen molar-refractivity contribution in [3.05, 3.63) is 18.5 Å². The van der Waals surface area contributed by atoms with E-state index in [2.05, 4.69) is 19.8 Å². The number of hydrogen-bond acceptors (Lipinski definition) is 6. The number of carbonyl (C=O) groups excluding carboxylic acids is 1. The summed E-state index contributed by atoms with van der Waals surface area (Å²) in [5.74, 6) is 0. The Morgan fingerprint density at radius 2 is 2.20 bits per heavy atom. The van der Waals surface area contributed by atoms with Crippen molar-refractivity contribution in [3.63, 3.8) is 0 Å². The number of pyridine rings is 1. The van der Waals surface area contributed by atoms with Crippen molar-refractivity contribution in [2.75, 3.05) is 25.0 Å². The van der Waals surface area contributed by atoms with Crippen LogP contribution >= 0.6 is 0 Å². The third kappa shape index (κ3) is 5.02. The Morgan fingerprint density at radius 1 is 1.45 bits per heavy atom. The van der Waals surface area contributed by atoms with Crippen LogP contribution in [0.15, 0.2) is 23.4 Å². The van der Waals surface area contributed by atoms with Crippen molar-refractivity contribution in [1.29, 1.82) is 0 Å². The number of rotatable bonds is 8. The molecule has 1 heterocycles. The zero-order valence-electron chi connectivity index (χ0n) is 11.1. The molecule has 0 bridgehead atoms. The van der Waals surface area contributed by atoms with Gasteiger partial charge in [0.2, 0.25) is 10.0 Å². The minimum absolute atomic E-state index is 0.0486. The van der Waals surface area contributed by atoms with E-state index >= 15 is 0 Å². The van der Waals surface area contributed by atoms with E-state index in [-0.39, 0.29) is 18.0 Å². The number of amides is 1. The summed E-state index contributed by atoms with van der Waals surface area (Å²) in [6, 6.07) is 1.59. The topological polar surface area (TPSA) is 123 Å². The van der Waals surface area contributed by atoms with Crippen LogP contribution in [0.1, 0.15) is 13.3 Å². The van der Waals surface area contributed by atoms with E-state index in [1.54, 1.807) is 6.07 Å². The van der Waals surface area contributed by atoms with Crippen LogP contribution in [0, 0.1) is 0 Å². The number of nitrogens with zero attached hydrogens (tertiary/aromatic N) is 1. The molecule has 8 nitrogen and oxygen atoms in total. The van der Waals surface area contributed by atoms with E-state index in [1.807, 2.05) is 6.92 Å². The molecule has 4 N–H and O–H groups in total. The van der Waals surface area contributed by atoms with Crippen LogP contribution in [-0.2, 0) is 14.8 Å². The molecule has 9 heteroatoms.